The van der Waals surface area contributed by atoms with E-state index in [0.29, 0.717) is 13.1 Å². The number of hydrogen-bond acceptors (Lipinski definition) is 2. The number of nitrogens with zero attached hydrogens (tertiary/aromatic N) is 1. The summed E-state index contributed by atoms with van der Waals surface area (Å²) in [6.45, 7) is 11.5. The maximum atomic E-state index is 11.8. The summed E-state index contributed by atoms with van der Waals surface area (Å²) < 4.78 is 25.4. The Morgan fingerprint density at radius 3 is 2.00 bits per heavy atom. The lowest BCUT2D eigenvalue weighted by Crippen LogP contribution is -2.35. The minimum Gasteiger partial charge on any atom is -0.212 e. The van der Waals surface area contributed by atoms with Crippen LogP contribution < -0.4 is 0 Å². The first-order valence-corrected chi connectivity index (χ1v) is 7.81. The maximum absolute atomic E-state index is 11.8. The molecule has 0 aliphatic heterocycles. The lowest BCUT2D eigenvalue weighted by atomic mass is 9.92. The van der Waals surface area contributed by atoms with Crippen molar-refractivity contribution in [3.05, 3.63) is 0 Å². The molecule has 4 heteroatoms. The van der Waals surface area contributed by atoms with Crippen molar-refractivity contribution in [2.24, 2.45) is 5.41 Å². The Balaban J connectivity index is 4.45. The molecular formula is C12H27NO2S. The summed E-state index contributed by atoms with van der Waals surface area (Å²) in [5.74, 6) is 0.209. The van der Waals surface area contributed by atoms with Crippen LogP contribution in [-0.4, -0.2) is 31.6 Å². The molecule has 0 aromatic heterocycles. The van der Waals surface area contributed by atoms with Crippen molar-refractivity contribution in [2.75, 3.05) is 18.8 Å². The monoisotopic (exact) mass is 249 g/mol. The molecule has 0 aromatic rings. The predicted octanol–water partition coefficient (Wildman–Crippen LogP) is 2.87. The summed E-state index contributed by atoms with van der Waals surface area (Å²) in [6.07, 6.45) is 2.89. The van der Waals surface area contributed by atoms with Crippen molar-refractivity contribution in [2.45, 2.75) is 53.9 Å². The van der Waals surface area contributed by atoms with E-state index in [1.807, 2.05) is 0 Å². The first-order chi connectivity index (χ1) is 7.23. The van der Waals surface area contributed by atoms with Crippen LogP contribution in [0.3, 0.4) is 0 Å². The summed E-state index contributed by atoms with van der Waals surface area (Å²) >= 11 is 0. The van der Waals surface area contributed by atoms with Gasteiger partial charge in [0.2, 0.25) is 10.0 Å². The molecule has 0 atom stereocenters. The Morgan fingerprint density at radius 2 is 1.62 bits per heavy atom. The van der Waals surface area contributed by atoms with Gasteiger partial charge in [-0.15, -0.1) is 0 Å². The van der Waals surface area contributed by atoms with Gasteiger partial charge in [-0.2, -0.15) is 0 Å². The third-order valence-corrected chi connectivity index (χ3v) is 4.51. The van der Waals surface area contributed by atoms with Crippen LogP contribution in [0.2, 0.25) is 0 Å². The van der Waals surface area contributed by atoms with E-state index in [2.05, 4.69) is 27.7 Å². The fourth-order valence-corrected chi connectivity index (χ4v) is 2.51. The van der Waals surface area contributed by atoms with Gasteiger partial charge in [-0.3, -0.25) is 0 Å². The normalized spacial score (nSPS) is 13.4. The van der Waals surface area contributed by atoms with Gasteiger partial charge in [0.05, 0.1) is 5.75 Å². The van der Waals surface area contributed by atoms with Gasteiger partial charge >= 0.3 is 0 Å². The van der Waals surface area contributed by atoms with Crippen LogP contribution in [0.15, 0.2) is 0 Å². The fraction of sp³-hybridized carbons (Fsp3) is 1.00. The molecule has 0 aliphatic carbocycles. The van der Waals surface area contributed by atoms with Crippen molar-refractivity contribution in [1.82, 2.24) is 4.31 Å². The van der Waals surface area contributed by atoms with Gasteiger partial charge in [-0.1, -0.05) is 34.1 Å². The maximum Gasteiger partial charge on any atom is 0.213 e. The van der Waals surface area contributed by atoms with Crippen LogP contribution >= 0.6 is 0 Å². The standard InChI is InChI=1S/C12H27NO2S/c1-6-8-10-13(16(14,15)7-2)11-9-12(3,4)5/h6-11H2,1-5H3. The molecule has 0 radical (unpaired) electrons. The Morgan fingerprint density at radius 1 is 1.06 bits per heavy atom. The van der Waals surface area contributed by atoms with Crippen molar-refractivity contribution in [3.63, 3.8) is 0 Å². The van der Waals surface area contributed by atoms with Crippen molar-refractivity contribution in [3.8, 4) is 0 Å². The van der Waals surface area contributed by atoms with Gasteiger partial charge in [-0.05, 0) is 25.2 Å². The van der Waals surface area contributed by atoms with Crippen LogP contribution in [0.5, 0.6) is 0 Å². The van der Waals surface area contributed by atoms with E-state index in [-0.39, 0.29) is 11.2 Å². The van der Waals surface area contributed by atoms with Gasteiger partial charge in [-0.25, -0.2) is 12.7 Å². The molecule has 0 bridgehead atoms. The second kappa shape index (κ2) is 6.60. The molecule has 0 aliphatic rings. The number of unbranched alkanes of at least 4 members (excludes halogenated alkanes) is 1. The molecule has 3 nitrogen and oxygen atoms in total. The molecule has 0 rings (SSSR count). The Kier molecular flexibility index (Phi) is 6.56. The topological polar surface area (TPSA) is 37.4 Å². The summed E-state index contributed by atoms with van der Waals surface area (Å²) in [4.78, 5) is 0. The largest absolute Gasteiger partial charge is 0.213 e. The SMILES string of the molecule is CCCCN(CCC(C)(C)C)S(=O)(=O)CC. The molecule has 0 spiro atoms. The highest BCUT2D eigenvalue weighted by Crippen LogP contribution is 2.20. The smallest absolute Gasteiger partial charge is 0.212 e. The first-order valence-electron chi connectivity index (χ1n) is 6.20. The van der Waals surface area contributed by atoms with Crippen LogP contribution in [-0.2, 0) is 10.0 Å². The number of hydrogen-bond donors (Lipinski definition) is 0. The van der Waals surface area contributed by atoms with E-state index >= 15 is 0 Å². The Bertz CT molecular complexity index is 278. The van der Waals surface area contributed by atoms with Gasteiger partial charge < -0.3 is 0 Å². The third-order valence-electron chi connectivity index (χ3n) is 2.63. The lowest BCUT2D eigenvalue weighted by molar-refractivity contribution is 0.308. The number of sulfonamides is 1. The summed E-state index contributed by atoms with van der Waals surface area (Å²) in [7, 11) is -3.02. The molecule has 0 heterocycles. The van der Waals surface area contributed by atoms with Crippen LogP contribution in [0, 0.1) is 5.41 Å². The third kappa shape index (κ3) is 6.48. The van der Waals surface area contributed by atoms with E-state index in [1.54, 1.807) is 11.2 Å². The van der Waals surface area contributed by atoms with E-state index in [1.165, 1.54) is 0 Å². The second-order valence-electron chi connectivity index (χ2n) is 5.46. The highest BCUT2D eigenvalue weighted by molar-refractivity contribution is 7.89. The average molecular weight is 249 g/mol. The van der Waals surface area contributed by atoms with Gasteiger partial charge in [0, 0.05) is 13.1 Å². The van der Waals surface area contributed by atoms with E-state index in [4.69, 9.17) is 0 Å². The predicted molar refractivity (Wildman–Crippen MR) is 70.0 cm³/mol. The molecular weight excluding hydrogens is 222 g/mol. The van der Waals surface area contributed by atoms with Crippen molar-refractivity contribution in [1.29, 1.82) is 0 Å². The summed E-state index contributed by atoms with van der Waals surface area (Å²) in [6, 6.07) is 0. The van der Waals surface area contributed by atoms with Crippen LogP contribution in [0.25, 0.3) is 0 Å². The second-order valence-corrected chi connectivity index (χ2v) is 7.72. The van der Waals surface area contributed by atoms with Crippen molar-refractivity contribution < 1.29 is 8.42 Å². The molecule has 0 aromatic carbocycles. The van der Waals surface area contributed by atoms with Crippen molar-refractivity contribution >= 4 is 10.0 Å². The summed E-state index contributed by atoms with van der Waals surface area (Å²) in [5, 5.41) is 0. The Hall–Kier alpha value is -0.0900. The zero-order valence-corrected chi connectivity index (χ0v) is 12.2. The molecule has 0 fully saturated rings. The first kappa shape index (κ1) is 15.9. The van der Waals surface area contributed by atoms with E-state index < -0.39 is 10.0 Å². The van der Waals surface area contributed by atoms with Crippen LogP contribution in [0.4, 0.5) is 0 Å². The van der Waals surface area contributed by atoms with Gasteiger partial charge in [0.25, 0.3) is 0 Å². The minimum atomic E-state index is -3.02. The summed E-state index contributed by atoms with van der Waals surface area (Å²) in [5.41, 5.74) is 0.188. The zero-order chi connectivity index (χ0) is 12.8. The quantitative estimate of drug-likeness (QED) is 0.696. The molecule has 0 unspecified atom stereocenters. The molecule has 98 valence electrons. The van der Waals surface area contributed by atoms with Crippen LogP contribution in [0.1, 0.15) is 53.9 Å². The fourth-order valence-electron chi connectivity index (χ4n) is 1.37. The highest BCUT2D eigenvalue weighted by atomic mass is 32.2. The zero-order valence-electron chi connectivity index (χ0n) is 11.4. The van der Waals surface area contributed by atoms with E-state index in [9.17, 15) is 8.42 Å². The molecule has 0 saturated carbocycles. The highest BCUT2D eigenvalue weighted by Gasteiger charge is 2.21. The Labute approximate surface area is 101 Å². The lowest BCUT2D eigenvalue weighted by Gasteiger charge is -2.25. The van der Waals surface area contributed by atoms with E-state index in [0.717, 1.165) is 19.3 Å². The molecule has 0 saturated heterocycles. The van der Waals surface area contributed by atoms with Gasteiger partial charge in [0.15, 0.2) is 0 Å². The molecule has 0 N–H and O–H groups in total. The average Bonchev–Trinajstić information content (AvgIpc) is 2.16. The number of rotatable bonds is 7. The molecule has 0 amide bonds. The molecule has 16 heavy (non-hydrogen) atoms. The minimum absolute atomic E-state index is 0.188. The van der Waals surface area contributed by atoms with Gasteiger partial charge in [0.1, 0.15) is 0 Å².